The number of ether oxygens (including phenoxy) is 3. The van der Waals surface area contributed by atoms with Gasteiger partial charge in [-0.1, -0.05) is 0 Å². The van der Waals surface area contributed by atoms with E-state index in [1.807, 2.05) is 0 Å². The zero-order valence-electron chi connectivity index (χ0n) is 23.4. The number of carbonyl (C=O) groups excluding carboxylic acids is 2. The highest BCUT2D eigenvalue weighted by molar-refractivity contribution is 5.92. The van der Waals surface area contributed by atoms with Gasteiger partial charge in [-0.05, 0) is 82.2 Å². The lowest BCUT2D eigenvalue weighted by atomic mass is 10.1. The van der Waals surface area contributed by atoms with Crippen molar-refractivity contribution in [3.63, 3.8) is 0 Å². The first-order valence-corrected chi connectivity index (χ1v) is 13.2. The topological polar surface area (TPSA) is 113 Å². The van der Waals surface area contributed by atoms with E-state index in [1.165, 1.54) is 25.3 Å². The average Bonchev–Trinajstić information content (AvgIpc) is 2.91. The number of nitrogens with one attached hydrogen (secondary N) is 2. The predicted octanol–water partition coefficient (Wildman–Crippen LogP) is 4.27. The monoisotopic (exact) mass is 552 g/mol. The van der Waals surface area contributed by atoms with Gasteiger partial charge >= 0.3 is 6.09 Å². The molecule has 0 spiro atoms. The number of rotatable bonds is 10. The molecule has 0 aliphatic carbocycles. The Morgan fingerprint density at radius 3 is 2.50 bits per heavy atom. The van der Waals surface area contributed by atoms with Crippen LogP contribution in [0, 0.1) is 17.1 Å². The van der Waals surface area contributed by atoms with Crippen LogP contribution in [0.1, 0.15) is 44.7 Å². The SMILES string of the molecule is COc1ccc(C#N)cc1/C=C/C(=O)N[C@H](CNC(=O)OC(C)(C)C)CN1CCC(Oc2ccc(F)cc2)CC1. The zero-order chi connectivity index (χ0) is 29.1. The van der Waals surface area contributed by atoms with Crippen molar-refractivity contribution in [2.75, 3.05) is 33.3 Å². The molecule has 214 valence electrons. The molecule has 1 saturated heterocycles. The molecule has 2 amide bonds. The summed E-state index contributed by atoms with van der Waals surface area (Å²) in [5, 5.41) is 14.9. The summed E-state index contributed by atoms with van der Waals surface area (Å²) < 4.78 is 29.8. The quantitative estimate of drug-likeness (QED) is 0.423. The first-order valence-electron chi connectivity index (χ1n) is 13.2. The van der Waals surface area contributed by atoms with Crippen LogP contribution in [0.4, 0.5) is 9.18 Å². The van der Waals surface area contributed by atoms with Crippen LogP contribution in [0.5, 0.6) is 11.5 Å². The molecule has 1 atom stereocenters. The number of nitrogens with zero attached hydrogens (tertiary/aromatic N) is 2. The van der Waals surface area contributed by atoms with Gasteiger partial charge in [-0.3, -0.25) is 4.79 Å². The summed E-state index contributed by atoms with van der Waals surface area (Å²) in [7, 11) is 1.52. The first-order chi connectivity index (χ1) is 19.0. The van der Waals surface area contributed by atoms with Gasteiger partial charge < -0.3 is 29.7 Å². The lowest BCUT2D eigenvalue weighted by Gasteiger charge is -2.34. The highest BCUT2D eigenvalue weighted by Gasteiger charge is 2.24. The summed E-state index contributed by atoms with van der Waals surface area (Å²) in [5.74, 6) is 0.516. The summed E-state index contributed by atoms with van der Waals surface area (Å²) in [6, 6.07) is 12.6. The number of likely N-dealkylation sites (tertiary alicyclic amines) is 1. The van der Waals surface area contributed by atoms with Gasteiger partial charge in [0.2, 0.25) is 5.91 Å². The largest absolute Gasteiger partial charge is 0.496 e. The van der Waals surface area contributed by atoms with E-state index >= 15 is 0 Å². The smallest absolute Gasteiger partial charge is 0.407 e. The van der Waals surface area contributed by atoms with Crippen LogP contribution in [0.3, 0.4) is 0 Å². The molecule has 3 rings (SSSR count). The van der Waals surface area contributed by atoms with Crippen LogP contribution in [0.15, 0.2) is 48.5 Å². The molecular formula is C30H37FN4O5. The van der Waals surface area contributed by atoms with Crippen molar-refractivity contribution in [2.45, 2.75) is 51.4 Å². The molecule has 1 aliphatic heterocycles. The number of alkyl carbamates (subject to hydrolysis) is 1. The van der Waals surface area contributed by atoms with Crippen molar-refractivity contribution in [3.8, 4) is 17.6 Å². The van der Waals surface area contributed by atoms with Crippen molar-refractivity contribution in [2.24, 2.45) is 0 Å². The molecule has 2 aromatic rings. The fourth-order valence-electron chi connectivity index (χ4n) is 4.26. The van der Waals surface area contributed by atoms with E-state index in [0.29, 0.717) is 29.2 Å². The Bertz CT molecular complexity index is 1210. The molecule has 1 heterocycles. The fraction of sp³-hybridized carbons (Fsp3) is 0.433. The number of hydrogen-bond acceptors (Lipinski definition) is 7. The third kappa shape index (κ3) is 10.2. The minimum atomic E-state index is -0.644. The molecule has 40 heavy (non-hydrogen) atoms. The number of hydrogen-bond donors (Lipinski definition) is 2. The molecular weight excluding hydrogens is 515 g/mol. The standard InChI is InChI=1S/C30H37FN4O5/c1-30(2,3)40-29(37)33-19-24(34-28(36)12-6-22-17-21(18-32)5-11-27(22)38-4)20-35-15-13-26(14-16-35)39-25-9-7-23(31)8-10-25/h5-12,17,24,26H,13-16,19-20H2,1-4H3,(H,33,37)(H,34,36)/b12-6+/t24-/m1/s1. The Labute approximate surface area is 234 Å². The number of nitriles is 1. The molecule has 1 aliphatic rings. The normalized spacial score (nSPS) is 15.2. The number of amides is 2. The Morgan fingerprint density at radius 1 is 1.18 bits per heavy atom. The number of carbonyl (C=O) groups is 2. The molecule has 0 saturated carbocycles. The van der Waals surface area contributed by atoms with Gasteiger partial charge in [0.05, 0.1) is 24.8 Å². The summed E-state index contributed by atoms with van der Waals surface area (Å²) >= 11 is 0. The minimum absolute atomic E-state index is 0.0109. The molecule has 0 unspecified atom stereocenters. The van der Waals surface area contributed by atoms with Crippen LogP contribution in [-0.2, 0) is 9.53 Å². The Kier molecular flexibility index (Phi) is 10.9. The first kappa shape index (κ1) is 30.4. The van der Waals surface area contributed by atoms with Gasteiger partial charge in [0.15, 0.2) is 0 Å². The van der Waals surface area contributed by atoms with Crippen molar-refractivity contribution in [3.05, 3.63) is 65.5 Å². The lowest BCUT2D eigenvalue weighted by molar-refractivity contribution is -0.117. The van der Waals surface area contributed by atoms with Crippen LogP contribution >= 0.6 is 0 Å². The summed E-state index contributed by atoms with van der Waals surface area (Å²) in [6.45, 7) is 7.50. The number of benzene rings is 2. The van der Waals surface area contributed by atoms with Crippen molar-refractivity contribution < 1.29 is 28.2 Å². The average molecular weight is 553 g/mol. The zero-order valence-corrected chi connectivity index (χ0v) is 23.4. The van der Waals surface area contributed by atoms with E-state index in [-0.39, 0.29) is 24.4 Å². The van der Waals surface area contributed by atoms with Gasteiger partial charge in [-0.25, -0.2) is 9.18 Å². The van der Waals surface area contributed by atoms with Crippen LogP contribution in [0.2, 0.25) is 0 Å². The molecule has 1 fully saturated rings. The maximum absolute atomic E-state index is 13.2. The fourth-order valence-corrected chi connectivity index (χ4v) is 4.26. The number of methoxy groups -OCH3 is 1. The second-order valence-electron chi connectivity index (χ2n) is 10.6. The second-order valence-corrected chi connectivity index (χ2v) is 10.6. The molecule has 2 N–H and O–H groups in total. The second kappa shape index (κ2) is 14.3. The predicted molar refractivity (Wildman–Crippen MR) is 149 cm³/mol. The van der Waals surface area contributed by atoms with Crippen LogP contribution < -0.4 is 20.1 Å². The van der Waals surface area contributed by atoms with Gasteiger partial charge in [-0.2, -0.15) is 5.26 Å². The van der Waals surface area contributed by atoms with Gasteiger partial charge in [0, 0.05) is 37.8 Å². The number of halogens is 1. The highest BCUT2D eigenvalue weighted by Crippen LogP contribution is 2.22. The van der Waals surface area contributed by atoms with Crippen LogP contribution in [0.25, 0.3) is 6.08 Å². The van der Waals surface area contributed by atoms with E-state index < -0.39 is 17.7 Å². The molecule has 0 bridgehead atoms. The van der Waals surface area contributed by atoms with E-state index in [2.05, 4.69) is 21.6 Å². The maximum atomic E-state index is 13.2. The number of piperidine rings is 1. The third-order valence-corrected chi connectivity index (χ3v) is 6.14. The molecule has 0 aromatic heterocycles. The Morgan fingerprint density at radius 2 is 1.88 bits per heavy atom. The molecule has 9 nitrogen and oxygen atoms in total. The summed E-state index contributed by atoms with van der Waals surface area (Å²) in [6.07, 6.45) is 3.95. The van der Waals surface area contributed by atoms with Crippen LogP contribution in [-0.4, -0.2) is 67.9 Å². The molecule has 0 radical (unpaired) electrons. The van der Waals surface area contributed by atoms with Gasteiger partial charge in [0.25, 0.3) is 0 Å². The summed E-state index contributed by atoms with van der Waals surface area (Å²) in [5.41, 5.74) is 0.407. The van der Waals surface area contributed by atoms with Gasteiger partial charge in [0.1, 0.15) is 29.0 Å². The summed E-state index contributed by atoms with van der Waals surface area (Å²) in [4.78, 5) is 27.3. The van der Waals surface area contributed by atoms with E-state index in [0.717, 1.165) is 25.9 Å². The lowest BCUT2D eigenvalue weighted by Crippen LogP contribution is -2.52. The van der Waals surface area contributed by atoms with E-state index in [9.17, 15) is 19.2 Å². The van der Waals surface area contributed by atoms with Gasteiger partial charge in [-0.15, -0.1) is 0 Å². The molecule has 2 aromatic carbocycles. The highest BCUT2D eigenvalue weighted by atomic mass is 19.1. The maximum Gasteiger partial charge on any atom is 0.407 e. The third-order valence-electron chi connectivity index (χ3n) is 6.14. The molecule has 10 heteroatoms. The van der Waals surface area contributed by atoms with Crippen molar-refractivity contribution in [1.82, 2.24) is 15.5 Å². The Balaban J connectivity index is 1.60. The van der Waals surface area contributed by atoms with E-state index in [1.54, 1.807) is 57.2 Å². The minimum Gasteiger partial charge on any atom is -0.496 e. The van der Waals surface area contributed by atoms with Crippen molar-refractivity contribution in [1.29, 1.82) is 5.26 Å². The van der Waals surface area contributed by atoms with E-state index in [4.69, 9.17) is 14.2 Å². The Hall–Kier alpha value is -4.10. The van der Waals surface area contributed by atoms with Crippen molar-refractivity contribution >= 4 is 18.1 Å².